The number of benzene rings is 2. The predicted molar refractivity (Wildman–Crippen MR) is 93.5 cm³/mol. The van der Waals surface area contributed by atoms with Crippen molar-refractivity contribution in [1.29, 1.82) is 0 Å². The first-order valence-electron chi connectivity index (χ1n) is 6.55. The molecule has 0 saturated carbocycles. The Kier molecular flexibility index (Phi) is 7.53. The van der Waals surface area contributed by atoms with Gasteiger partial charge in [0.25, 0.3) is 5.69 Å². The lowest BCUT2D eigenvalue weighted by atomic mass is 10.3. The molecule has 0 fully saturated rings. The van der Waals surface area contributed by atoms with Crippen molar-refractivity contribution in [3.8, 4) is 0 Å². The van der Waals surface area contributed by atoms with Gasteiger partial charge in [-0.25, -0.2) is 0 Å². The molecular weight excluding hydrogens is 338 g/mol. The zero-order chi connectivity index (χ0) is 15.9. The number of anilines is 1. The van der Waals surface area contributed by atoms with E-state index in [4.69, 9.17) is 0 Å². The summed E-state index contributed by atoms with van der Waals surface area (Å²) in [7, 11) is 1.71. The minimum atomic E-state index is -0.420. The Bertz CT molecular complexity index is 663. The maximum absolute atomic E-state index is 11.4. The number of carbonyl (C=O) groups is 1. The van der Waals surface area contributed by atoms with E-state index in [0.717, 1.165) is 15.5 Å². The first-order chi connectivity index (χ1) is 10.6. The minimum absolute atomic E-state index is 0. The van der Waals surface area contributed by atoms with Gasteiger partial charge in [0.2, 0.25) is 5.91 Å². The Morgan fingerprint density at radius 3 is 2.09 bits per heavy atom. The van der Waals surface area contributed by atoms with Gasteiger partial charge in [-0.2, -0.15) is 0 Å². The van der Waals surface area contributed by atoms with Crippen LogP contribution in [0.3, 0.4) is 0 Å². The first-order valence-corrected chi connectivity index (χ1v) is 7.37. The first kappa shape index (κ1) is 19.0. The molecule has 0 saturated heterocycles. The monoisotopic (exact) mass is 353 g/mol. The molecular formula is C15H16ClN3O3S. The zero-order valence-corrected chi connectivity index (χ0v) is 13.9. The van der Waals surface area contributed by atoms with Crippen LogP contribution in [0.5, 0.6) is 0 Å². The number of hydrogen-bond acceptors (Lipinski definition) is 5. The van der Waals surface area contributed by atoms with E-state index in [2.05, 4.69) is 10.6 Å². The summed E-state index contributed by atoms with van der Waals surface area (Å²) in [5, 5.41) is 16.2. The van der Waals surface area contributed by atoms with Crippen LogP contribution in [-0.2, 0) is 4.79 Å². The molecule has 0 aliphatic carbocycles. The van der Waals surface area contributed by atoms with Gasteiger partial charge in [0.15, 0.2) is 0 Å². The summed E-state index contributed by atoms with van der Waals surface area (Å²) in [5.41, 5.74) is 0.806. The molecule has 0 radical (unpaired) electrons. The van der Waals surface area contributed by atoms with Gasteiger partial charge in [-0.1, -0.05) is 11.8 Å². The van der Waals surface area contributed by atoms with E-state index in [1.165, 1.54) is 23.9 Å². The number of nitrogens with zero attached hydrogens (tertiary/aromatic N) is 1. The normalized spacial score (nSPS) is 9.78. The average Bonchev–Trinajstić information content (AvgIpc) is 2.50. The SMILES string of the molecule is CNCC(=O)Nc1ccc(Sc2ccc([N+](=O)[O-])cc2)cc1.Cl. The third-order valence-electron chi connectivity index (χ3n) is 2.76. The van der Waals surface area contributed by atoms with Crippen molar-refractivity contribution in [2.24, 2.45) is 0 Å². The van der Waals surface area contributed by atoms with Crippen molar-refractivity contribution in [3.63, 3.8) is 0 Å². The third kappa shape index (κ3) is 5.90. The Hall–Kier alpha value is -2.09. The van der Waals surface area contributed by atoms with Gasteiger partial charge in [0.1, 0.15) is 0 Å². The van der Waals surface area contributed by atoms with Gasteiger partial charge in [0, 0.05) is 27.6 Å². The van der Waals surface area contributed by atoms with Crippen molar-refractivity contribution >= 4 is 41.5 Å². The van der Waals surface area contributed by atoms with Crippen LogP contribution in [0.25, 0.3) is 0 Å². The summed E-state index contributed by atoms with van der Waals surface area (Å²) in [6.07, 6.45) is 0. The molecule has 0 aliphatic rings. The molecule has 1 amide bonds. The molecule has 2 N–H and O–H groups in total. The van der Waals surface area contributed by atoms with Crippen LogP contribution in [0.1, 0.15) is 0 Å². The molecule has 23 heavy (non-hydrogen) atoms. The van der Waals surface area contributed by atoms with Crippen molar-refractivity contribution in [2.75, 3.05) is 18.9 Å². The van der Waals surface area contributed by atoms with E-state index in [1.54, 1.807) is 19.2 Å². The molecule has 0 aromatic heterocycles. The summed E-state index contributed by atoms with van der Waals surface area (Å²) in [4.78, 5) is 23.5. The van der Waals surface area contributed by atoms with E-state index in [-0.39, 0.29) is 30.5 Å². The fourth-order valence-corrected chi connectivity index (χ4v) is 2.56. The van der Waals surface area contributed by atoms with Crippen molar-refractivity contribution in [2.45, 2.75) is 9.79 Å². The maximum atomic E-state index is 11.4. The van der Waals surface area contributed by atoms with Crippen molar-refractivity contribution in [1.82, 2.24) is 5.32 Å². The molecule has 2 aromatic carbocycles. The van der Waals surface area contributed by atoms with Crippen molar-refractivity contribution < 1.29 is 9.72 Å². The molecule has 0 heterocycles. The number of halogens is 1. The Morgan fingerprint density at radius 2 is 1.61 bits per heavy atom. The van der Waals surface area contributed by atoms with Crippen LogP contribution >= 0.6 is 24.2 Å². The van der Waals surface area contributed by atoms with E-state index >= 15 is 0 Å². The molecule has 122 valence electrons. The van der Waals surface area contributed by atoms with Crippen molar-refractivity contribution in [3.05, 3.63) is 58.6 Å². The van der Waals surface area contributed by atoms with Crippen LogP contribution in [0, 0.1) is 10.1 Å². The highest BCUT2D eigenvalue weighted by Crippen LogP contribution is 2.29. The molecule has 0 spiro atoms. The smallest absolute Gasteiger partial charge is 0.269 e. The molecule has 2 aromatic rings. The van der Waals surface area contributed by atoms with Crippen LogP contribution in [-0.4, -0.2) is 24.4 Å². The third-order valence-corrected chi connectivity index (χ3v) is 3.77. The van der Waals surface area contributed by atoms with Crippen LogP contribution in [0.2, 0.25) is 0 Å². The lowest BCUT2D eigenvalue weighted by molar-refractivity contribution is -0.384. The summed E-state index contributed by atoms with van der Waals surface area (Å²) >= 11 is 1.50. The molecule has 0 aliphatic heterocycles. The molecule has 2 rings (SSSR count). The largest absolute Gasteiger partial charge is 0.325 e. The van der Waals surface area contributed by atoms with Gasteiger partial charge in [0.05, 0.1) is 11.5 Å². The second kappa shape index (κ2) is 9.14. The number of nitro benzene ring substituents is 1. The number of hydrogen-bond donors (Lipinski definition) is 2. The second-order valence-electron chi connectivity index (χ2n) is 4.46. The Balaban J connectivity index is 0.00000264. The summed E-state index contributed by atoms with van der Waals surface area (Å²) < 4.78 is 0. The molecule has 0 bridgehead atoms. The number of nitro groups is 1. The molecule has 8 heteroatoms. The number of non-ortho nitro benzene ring substituents is 1. The van der Waals surface area contributed by atoms with Crippen LogP contribution in [0.15, 0.2) is 58.3 Å². The average molecular weight is 354 g/mol. The maximum Gasteiger partial charge on any atom is 0.269 e. The van der Waals surface area contributed by atoms with Gasteiger partial charge in [-0.15, -0.1) is 12.4 Å². The summed E-state index contributed by atoms with van der Waals surface area (Å²) in [5.74, 6) is -0.0988. The molecule has 6 nitrogen and oxygen atoms in total. The number of likely N-dealkylation sites (N-methyl/N-ethyl adjacent to an activating group) is 1. The highest BCUT2D eigenvalue weighted by Gasteiger charge is 2.05. The molecule has 0 unspecified atom stereocenters. The topological polar surface area (TPSA) is 84.3 Å². The highest BCUT2D eigenvalue weighted by molar-refractivity contribution is 7.99. The molecule has 0 atom stereocenters. The quantitative estimate of drug-likeness (QED) is 0.614. The van der Waals surface area contributed by atoms with E-state index in [9.17, 15) is 14.9 Å². The van der Waals surface area contributed by atoms with E-state index in [1.807, 2.05) is 24.3 Å². The Labute approximate surface area is 144 Å². The predicted octanol–water partition coefficient (Wildman–Crippen LogP) is 3.33. The van der Waals surface area contributed by atoms with Gasteiger partial charge in [-0.05, 0) is 43.4 Å². The number of rotatable bonds is 6. The lowest BCUT2D eigenvalue weighted by Crippen LogP contribution is -2.24. The fraction of sp³-hybridized carbons (Fsp3) is 0.133. The number of amides is 1. The van der Waals surface area contributed by atoms with Crippen LogP contribution in [0.4, 0.5) is 11.4 Å². The lowest BCUT2D eigenvalue weighted by Gasteiger charge is -2.06. The summed E-state index contributed by atoms with van der Waals surface area (Å²) in [6, 6.07) is 13.8. The minimum Gasteiger partial charge on any atom is -0.325 e. The van der Waals surface area contributed by atoms with Crippen LogP contribution < -0.4 is 10.6 Å². The standard InChI is InChI=1S/C15H15N3O3S.ClH/c1-16-10-15(19)17-11-2-6-13(7-3-11)22-14-8-4-12(5-9-14)18(20)21;/h2-9,16H,10H2,1H3,(H,17,19);1H. The Morgan fingerprint density at radius 1 is 1.09 bits per heavy atom. The van der Waals surface area contributed by atoms with Gasteiger partial charge in [-0.3, -0.25) is 14.9 Å². The fourth-order valence-electron chi connectivity index (χ4n) is 1.74. The van der Waals surface area contributed by atoms with E-state index in [0.29, 0.717) is 0 Å². The highest BCUT2D eigenvalue weighted by atomic mass is 35.5. The summed E-state index contributed by atoms with van der Waals surface area (Å²) in [6.45, 7) is 0.263. The van der Waals surface area contributed by atoms with Gasteiger partial charge < -0.3 is 10.6 Å². The zero-order valence-electron chi connectivity index (χ0n) is 12.3. The van der Waals surface area contributed by atoms with E-state index < -0.39 is 4.92 Å². The number of nitrogens with one attached hydrogen (secondary N) is 2. The number of carbonyl (C=O) groups excluding carboxylic acids is 1. The van der Waals surface area contributed by atoms with Gasteiger partial charge >= 0.3 is 0 Å². The second-order valence-corrected chi connectivity index (χ2v) is 5.60.